The summed E-state index contributed by atoms with van der Waals surface area (Å²) in [4.78, 5) is 30.4. The third kappa shape index (κ3) is 7.07. The number of anilines is 2. The molecule has 0 bridgehead atoms. The standard InChI is InChI=1S/C33H35FN4O6/c1-21-4-6-22(7-5-21)37-31(40)33(11-12-33)32(41)38-23-8-9-28(25(34)18-23)44-27-10-14-36-26-20-30(29(42-2)19-24(26)27)43-17-3-13-35-15-16-39/h4-10,14,18-20,35,39H,3,11-13,15-17H2,1-2H3,(H,37,40)(H,38,41). The molecular weight excluding hydrogens is 567 g/mol. The van der Waals surface area contributed by atoms with Crippen molar-refractivity contribution in [2.24, 2.45) is 5.41 Å². The number of halogens is 1. The third-order valence-corrected chi connectivity index (χ3v) is 7.37. The number of nitrogens with one attached hydrogen (secondary N) is 3. The van der Waals surface area contributed by atoms with Gasteiger partial charge in [0.05, 0.1) is 25.8 Å². The zero-order valence-electron chi connectivity index (χ0n) is 24.6. The summed E-state index contributed by atoms with van der Waals surface area (Å²) in [5.41, 5.74) is 1.26. The second-order valence-electron chi connectivity index (χ2n) is 10.6. The lowest BCUT2D eigenvalue weighted by atomic mass is 10.0. The summed E-state index contributed by atoms with van der Waals surface area (Å²) >= 11 is 0. The number of aromatic nitrogens is 1. The number of rotatable bonds is 14. The molecule has 3 aromatic carbocycles. The van der Waals surface area contributed by atoms with Gasteiger partial charge in [0.2, 0.25) is 11.8 Å². The molecule has 11 heteroatoms. The zero-order valence-corrected chi connectivity index (χ0v) is 24.6. The van der Waals surface area contributed by atoms with Gasteiger partial charge in [-0.3, -0.25) is 14.6 Å². The van der Waals surface area contributed by atoms with Crippen LogP contribution in [0.3, 0.4) is 0 Å². The van der Waals surface area contributed by atoms with Crippen molar-refractivity contribution in [2.45, 2.75) is 26.2 Å². The molecule has 1 aromatic heterocycles. The van der Waals surface area contributed by atoms with E-state index in [-0.39, 0.29) is 24.0 Å². The van der Waals surface area contributed by atoms with Gasteiger partial charge in [-0.15, -0.1) is 0 Å². The van der Waals surface area contributed by atoms with Gasteiger partial charge in [0, 0.05) is 41.6 Å². The number of carbonyl (C=O) groups is 2. The molecule has 1 aliphatic carbocycles. The summed E-state index contributed by atoms with van der Waals surface area (Å²) in [6.07, 6.45) is 3.10. The molecule has 0 radical (unpaired) electrons. The molecule has 0 atom stereocenters. The van der Waals surface area contributed by atoms with E-state index in [9.17, 15) is 9.59 Å². The molecule has 0 aliphatic heterocycles. The topological polar surface area (TPSA) is 131 Å². The number of nitrogens with zero attached hydrogens (tertiary/aromatic N) is 1. The van der Waals surface area contributed by atoms with E-state index in [1.807, 2.05) is 19.1 Å². The molecule has 1 heterocycles. The van der Waals surface area contributed by atoms with Crippen molar-refractivity contribution in [1.82, 2.24) is 10.3 Å². The smallest absolute Gasteiger partial charge is 0.240 e. The Kier molecular flexibility index (Phi) is 9.56. The molecule has 1 saturated carbocycles. The van der Waals surface area contributed by atoms with E-state index in [1.165, 1.54) is 19.2 Å². The second-order valence-corrected chi connectivity index (χ2v) is 10.6. The van der Waals surface area contributed by atoms with E-state index in [1.54, 1.807) is 36.5 Å². The Morgan fingerprint density at radius 3 is 2.32 bits per heavy atom. The van der Waals surface area contributed by atoms with Crippen LogP contribution in [0.4, 0.5) is 15.8 Å². The van der Waals surface area contributed by atoms with Crippen molar-refractivity contribution in [3.63, 3.8) is 0 Å². The van der Waals surface area contributed by atoms with E-state index in [0.717, 1.165) is 18.1 Å². The van der Waals surface area contributed by atoms with Gasteiger partial charge in [-0.2, -0.15) is 0 Å². The van der Waals surface area contributed by atoms with E-state index in [0.29, 0.717) is 66.4 Å². The molecule has 230 valence electrons. The Hall–Kier alpha value is -4.74. The van der Waals surface area contributed by atoms with Crippen molar-refractivity contribution < 1.29 is 33.3 Å². The molecular formula is C33H35FN4O6. The van der Waals surface area contributed by atoms with Gasteiger partial charge in [0.15, 0.2) is 23.1 Å². The summed E-state index contributed by atoms with van der Waals surface area (Å²) in [6, 6.07) is 16.5. The number of amides is 2. The summed E-state index contributed by atoms with van der Waals surface area (Å²) in [5, 5.41) is 18.0. The first-order chi connectivity index (χ1) is 21.3. The molecule has 5 rings (SSSR count). The van der Waals surface area contributed by atoms with Crippen LogP contribution in [0.5, 0.6) is 23.0 Å². The summed E-state index contributed by atoms with van der Waals surface area (Å²) in [5.74, 6) is -0.276. The molecule has 0 spiro atoms. The number of fused-ring (bicyclic) bond motifs is 1. The average molecular weight is 603 g/mol. The second kappa shape index (κ2) is 13.7. The first-order valence-corrected chi connectivity index (χ1v) is 14.4. The molecule has 1 fully saturated rings. The average Bonchev–Trinajstić information content (AvgIpc) is 3.84. The van der Waals surface area contributed by atoms with E-state index < -0.39 is 17.1 Å². The first-order valence-electron chi connectivity index (χ1n) is 14.4. The van der Waals surface area contributed by atoms with Gasteiger partial charge >= 0.3 is 0 Å². The molecule has 1 aliphatic rings. The van der Waals surface area contributed by atoms with Crippen molar-refractivity contribution in [2.75, 3.05) is 44.0 Å². The minimum atomic E-state index is -1.19. The lowest BCUT2D eigenvalue weighted by Gasteiger charge is -2.16. The quantitative estimate of drug-likeness (QED) is 0.115. The predicted octanol–water partition coefficient (Wildman–Crippen LogP) is 5.19. The minimum Gasteiger partial charge on any atom is -0.493 e. The number of benzene rings is 3. The number of pyridine rings is 1. The molecule has 0 saturated heterocycles. The Morgan fingerprint density at radius 1 is 0.909 bits per heavy atom. The number of aliphatic hydroxyl groups excluding tert-OH is 1. The SMILES string of the molecule is COc1cc2c(Oc3ccc(NC(=O)C4(C(=O)Nc5ccc(C)cc5)CC4)cc3F)ccnc2cc1OCCCNCCO. The van der Waals surface area contributed by atoms with Crippen LogP contribution in [0.25, 0.3) is 10.9 Å². The molecule has 44 heavy (non-hydrogen) atoms. The minimum absolute atomic E-state index is 0.0524. The molecule has 10 nitrogen and oxygen atoms in total. The highest BCUT2D eigenvalue weighted by Gasteiger charge is 2.56. The normalized spacial score (nSPS) is 13.3. The summed E-state index contributed by atoms with van der Waals surface area (Å²) in [7, 11) is 1.53. The maximum atomic E-state index is 15.2. The van der Waals surface area contributed by atoms with Crippen molar-refractivity contribution in [3.8, 4) is 23.0 Å². The molecule has 4 N–H and O–H groups in total. The van der Waals surface area contributed by atoms with Gasteiger partial charge in [-0.25, -0.2) is 4.39 Å². The van der Waals surface area contributed by atoms with E-state index in [2.05, 4.69) is 20.9 Å². The molecule has 4 aromatic rings. The van der Waals surface area contributed by atoms with Gasteiger partial charge in [-0.1, -0.05) is 17.7 Å². The monoisotopic (exact) mass is 602 g/mol. The number of aliphatic hydroxyl groups is 1. The highest BCUT2D eigenvalue weighted by atomic mass is 19.1. The van der Waals surface area contributed by atoms with Crippen LogP contribution in [0.15, 0.2) is 66.9 Å². The number of aryl methyl sites for hydroxylation is 1. The largest absolute Gasteiger partial charge is 0.493 e. The Labute approximate surface area is 254 Å². The Bertz CT molecular complexity index is 1640. The van der Waals surface area contributed by atoms with Crippen LogP contribution in [0.1, 0.15) is 24.8 Å². The number of hydrogen-bond acceptors (Lipinski definition) is 8. The first kappa shape index (κ1) is 30.7. The van der Waals surface area contributed by atoms with E-state index in [4.69, 9.17) is 19.3 Å². The van der Waals surface area contributed by atoms with Crippen LogP contribution >= 0.6 is 0 Å². The maximum absolute atomic E-state index is 15.2. The fourth-order valence-corrected chi connectivity index (χ4v) is 4.67. The fraction of sp³-hybridized carbons (Fsp3) is 0.303. The van der Waals surface area contributed by atoms with Gasteiger partial charge < -0.3 is 35.3 Å². The van der Waals surface area contributed by atoms with Crippen molar-refractivity contribution >= 4 is 34.1 Å². The maximum Gasteiger partial charge on any atom is 0.240 e. The fourth-order valence-electron chi connectivity index (χ4n) is 4.67. The van der Waals surface area contributed by atoms with Crippen molar-refractivity contribution in [1.29, 1.82) is 0 Å². The number of carbonyl (C=O) groups excluding carboxylic acids is 2. The predicted molar refractivity (Wildman–Crippen MR) is 165 cm³/mol. The molecule has 2 amide bonds. The highest BCUT2D eigenvalue weighted by molar-refractivity contribution is 6.16. The van der Waals surface area contributed by atoms with Gasteiger partial charge in [0.25, 0.3) is 0 Å². The summed E-state index contributed by atoms with van der Waals surface area (Å²) < 4.78 is 32.5. The number of ether oxygens (including phenoxy) is 3. The third-order valence-electron chi connectivity index (χ3n) is 7.37. The summed E-state index contributed by atoms with van der Waals surface area (Å²) in [6.45, 7) is 3.69. The lowest BCUT2D eigenvalue weighted by Crippen LogP contribution is -2.35. The van der Waals surface area contributed by atoms with Crippen LogP contribution in [-0.2, 0) is 9.59 Å². The molecule has 0 unspecified atom stereocenters. The van der Waals surface area contributed by atoms with Gasteiger partial charge in [-0.05, 0) is 69.1 Å². The number of hydrogen-bond donors (Lipinski definition) is 4. The van der Waals surface area contributed by atoms with Crippen LogP contribution < -0.4 is 30.2 Å². The zero-order chi connectivity index (χ0) is 31.1. The Morgan fingerprint density at radius 2 is 1.64 bits per heavy atom. The lowest BCUT2D eigenvalue weighted by molar-refractivity contribution is -0.131. The van der Waals surface area contributed by atoms with Crippen LogP contribution in [-0.4, -0.2) is 55.3 Å². The highest BCUT2D eigenvalue weighted by Crippen LogP contribution is 2.47. The van der Waals surface area contributed by atoms with Crippen molar-refractivity contribution in [3.05, 3.63) is 78.2 Å². The van der Waals surface area contributed by atoms with Crippen LogP contribution in [0, 0.1) is 18.2 Å². The van der Waals surface area contributed by atoms with Gasteiger partial charge in [0.1, 0.15) is 11.2 Å². The van der Waals surface area contributed by atoms with Crippen LogP contribution in [0.2, 0.25) is 0 Å². The Balaban J connectivity index is 1.25. The van der Waals surface area contributed by atoms with E-state index >= 15 is 4.39 Å². The number of methoxy groups -OCH3 is 1.